The van der Waals surface area contributed by atoms with Crippen molar-refractivity contribution in [3.63, 3.8) is 0 Å². The molecule has 1 aromatic carbocycles. The molecule has 3 rings (SSSR count). The highest BCUT2D eigenvalue weighted by Crippen LogP contribution is 2.21. The van der Waals surface area contributed by atoms with Crippen LogP contribution in [0.25, 0.3) is 17.5 Å². The summed E-state index contributed by atoms with van der Waals surface area (Å²) < 4.78 is 7.36. The zero-order chi connectivity index (χ0) is 16.2. The van der Waals surface area contributed by atoms with E-state index in [1.54, 1.807) is 17.2 Å². The summed E-state index contributed by atoms with van der Waals surface area (Å²) in [4.78, 5) is 0. The third-order valence-corrected chi connectivity index (χ3v) is 3.59. The Morgan fingerprint density at radius 2 is 2.13 bits per heavy atom. The summed E-state index contributed by atoms with van der Waals surface area (Å²) in [5, 5.41) is 11.5. The number of nitrogens with zero attached hydrogens (tertiary/aromatic N) is 3. The van der Waals surface area contributed by atoms with Crippen molar-refractivity contribution in [1.82, 2.24) is 14.9 Å². The van der Waals surface area contributed by atoms with Crippen molar-refractivity contribution in [1.29, 1.82) is 0 Å². The van der Waals surface area contributed by atoms with Crippen molar-refractivity contribution < 1.29 is 4.42 Å². The van der Waals surface area contributed by atoms with Gasteiger partial charge in [-0.25, -0.2) is 5.10 Å². The van der Waals surface area contributed by atoms with E-state index in [0.29, 0.717) is 10.6 Å². The second kappa shape index (κ2) is 6.58. The Morgan fingerprint density at radius 1 is 1.30 bits per heavy atom. The number of rotatable bonds is 4. The lowest BCUT2D eigenvalue weighted by atomic mass is 10.1. The van der Waals surface area contributed by atoms with Gasteiger partial charge in [-0.15, -0.1) is 0 Å². The van der Waals surface area contributed by atoms with E-state index in [-0.39, 0.29) is 0 Å². The smallest absolute Gasteiger partial charge is 0.216 e. The van der Waals surface area contributed by atoms with Gasteiger partial charge in [0.15, 0.2) is 5.82 Å². The molecule has 6 heteroatoms. The van der Waals surface area contributed by atoms with Gasteiger partial charge in [-0.3, -0.25) is 0 Å². The molecule has 0 radical (unpaired) electrons. The zero-order valence-electron chi connectivity index (χ0n) is 12.9. The van der Waals surface area contributed by atoms with Crippen LogP contribution in [0.1, 0.15) is 18.2 Å². The number of allylic oxidation sites excluding steroid dienone is 1. The number of nitrogens with one attached hydrogen (secondary N) is 1. The minimum atomic E-state index is 0.449. The molecule has 0 saturated carbocycles. The molecule has 0 amide bonds. The molecule has 0 atom stereocenters. The van der Waals surface area contributed by atoms with E-state index in [1.807, 2.05) is 56.3 Å². The molecule has 0 spiro atoms. The second-order valence-electron chi connectivity index (χ2n) is 5.13. The zero-order valence-corrected chi connectivity index (χ0v) is 13.7. The maximum Gasteiger partial charge on any atom is 0.216 e. The predicted molar refractivity (Wildman–Crippen MR) is 93.8 cm³/mol. The largest absolute Gasteiger partial charge is 0.465 e. The maximum atomic E-state index is 5.29. The summed E-state index contributed by atoms with van der Waals surface area (Å²) >= 11 is 5.28. The highest BCUT2D eigenvalue weighted by molar-refractivity contribution is 7.71. The Bertz CT molecular complexity index is 916. The highest BCUT2D eigenvalue weighted by atomic mass is 32.1. The first kappa shape index (κ1) is 15.2. The first-order valence-corrected chi connectivity index (χ1v) is 7.55. The van der Waals surface area contributed by atoms with E-state index < -0.39 is 0 Å². The predicted octanol–water partition coefficient (Wildman–Crippen LogP) is 4.45. The van der Waals surface area contributed by atoms with Gasteiger partial charge in [0, 0.05) is 5.56 Å². The van der Waals surface area contributed by atoms with Crippen molar-refractivity contribution in [2.24, 2.45) is 5.10 Å². The van der Waals surface area contributed by atoms with Crippen LogP contribution >= 0.6 is 12.2 Å². The lowest BCUT2D eigenvalue weighted by molar-refractivity contribution is 0.557. The molecule has 3 aromatic rings. The van der Waals surface area contributed by atoms with Crippen molar-refractivity contribution in [3.05, 3.63) is 64.3 Å². The summed E-state index contributed by atoms with van der Waals surface area (Å²) in [5.74, 6) is 1.47. The van der Waals surface area contributed by atoms with E-state index in [2.05, 4.69) is 15.3 Å². The van der Waals surface area contributed by atoms with Crippen molar-refractivity contribution in [3.8, 4) is 11.4 Å². The highest BCUT2D eigenvalue weighted by Gasteiger charge is 2.09. The number of benzene rings is 1. The van der Waals surface area contributed by atoms with E-state index in [1.165, 1.54) is 0 Å². The van der Waals surface area contributed by atoms with Gasteiger partial charge in [0.2, 0.25) is 4.77 Å². The summed E-state index contributed by atoms with van der Waals surface area (Å²) in [6.07, 6.45) is 5.27. The molecule has 116 valence electrons. The van der Waals surface area contributed by atoms with Crippen molar-refractivity contribution >= 4 is 24.5 Å². The van der Waals surface area contributed by atoms with Crippen LogP contribution in [0.15, 0.2) is 57.8 Å². The van der Waals surface area contributed by atoms with Crippen molar-refractivity contribution in [2.75, 3.05) is 0 Å². The van der Waals surface area contributed by atoms with Gasteiger partial charge in [-0.05, 0) is 55.4 Å². The van der Waals surface area contributed by atoms with Gasteiger partial charge in [0.05, 0.1) is 12.5 Å². The molecular formula is C17H16N4OS. The molecule has 0 aliphatic carbocycles. The average molecular weight is 324 g/mol. The normalized spacial score (nSPS) is 12.2. The molecule has 0 aliphatic heterocycles. The number of aryl methyl sites for hydroxylation is 1. The lowest BCUT2D eigenvalue weighted by Crippen LogP contribution is -1.96. The SMILES string of the molecule is CC(C=Nn1c(-c2ccccc2C)n[nH]c1=S)=Cc1ccco1. The fourth-order valence-electron chi connectivity index (χ4n) is 2.18. The first-order chi connectivity index (χ1) is 11.1. The molecule has 2 aromatic heterocycles. The third kappa shape index (κ3) is 3.37. The molecule has 5 nitrogen and oxygen atoms in total. The van der Waals surface area contributed by atoms with Gasteiger partial charge in [-0.2, -0.15) is 14.9 Å². The number of furan rings is 1. The van der Waals surface area contributed by atoms with Gasteiger partial charge < -0.3 is 4.42 Å². The molecule has 0 fully saturated rings. The van der Waals surface area contributed by atoms with Crippen LogP contribution in [0.5, 0.6) is 0 Å². The molecule has 0 bridgehead atoms. The molecular weight excluding hydrogens is 308 g/mol. The van der Waals surface area contributed by atoms with Gasteiger partial charge >= 0.3 is 0 Å². The minimum absolute atomic E-state index is 0.449. The van der Waals surface area contributed by atoms with E-state index >= 15 is 0 Å². The van der Waals surface area contributed by atoms with Crippen LogP contribution in [-0.4, -0.2) is 21.1 Å². The Kier molecular flexibility index (Phi) is 4.34. The van der Waals surface area contributed by atoms with E-state index in [9.17, 15) is 0 Å². The van der Waals surface area contributed by atoms with Gasteiger partial charge in [0.25, 0.3) is 0 Å². The number of H-pyrrole nitrogens is 1. The van der Waals surface area contributed by atoms with Crippen LogP contribution in [0.2, 0.25) is 0 Å². The summed E-state index contributed by atoms with van der Waals surface area (Å²) in [6, 6.07) is 11.7. The molecule has 2 heterocycles. The quantitative estimate of drug-likeness (QED) is 0.570. The van der Waals surface area contributed by atoms with Crippen LogP contribution in [0.3, 0.4) is 0 Å². The monoisotopic (exact) mass is 324 g/mol. The molecule has 0 unspecified atom stereocenters. The first-order valence-electron chi connectivity index (χ1n) is 7.15. The van der Waals surface area contributed by atoms with Gasteiger partial charge in [-0.1, -0.05) is 24.3 Å². The number of hydrogen-bond acceptors (Lipinski definition) is 4. The second-order valence-corrected chi connectivity index (χ2v) is 5.51. The van der Waals surface area contributed by atoms with E-state index in [0.717, 1.165) is 22.5 Å². The maximum absolute atomic E-state index is 5.29. The van der Waals surface area contributed by atoms with Crippen LogP contribution in [0, 0.1) is 11.7 Å². The number of aromatic amines is 1. The molecule has 23 heavy (non-hydrogen) atoms. The lowest BCUT2D eigenvalue weighted by Gasteiger charge is -2.04. The third-order valence-electron chi connectivity index (χ3n) is 3.33. The van der Waals surface area contributed by atoms with Crippen molar-refractivity contribution in [2.45, 2.75) is 13.8 Å². The number of aromatic nitrogens is 3. The topological polar surface area (TPSA) is 59.1 Å². The van der Waals surface area contributed by atoms with E-state index in [4.69, 9.17) is 16.6 Å². The summed E-state index contributed by atoms with van der Waals surface area (Å²) in [5.41, 5.74) is 3.05. The Hall–Kier alpha value is -2.73. The van der Waals surface area contributed by atoms with Crippen LogP contribution in [0.4, 0.5) is 0 Å². The minimum Gasteiger partial charge on any atom is -0.465 e. The standard InChI is InChI=1S/C17H16N4OS/c1-12(10-14-7-5-9-22-14)11-18-21-16(19-20-17(21)23)15-8-4-3-6-13(15)2/h3-11H,1-2H3,(H,20,23). The summed E-state index contributed by atoms with van der Waals surface area (Å²) in [6.45, 7) is 3.98. The number of hydrogen-bond donors (Lipinski definition) is 1. The van der Waals surface area contributed by atoms with Crippen LogP contribution < -0.4 is 0 Å². The molecule has 1 N–H and O–H groups in total. The fraction of sp³-hybridized carbons (Fsp3) is 0.118. The Labute approximate surface area is 139 Å². The Balaban J connectivity index is 1.95. The fourth-order valence-corrected chi connectivity index (χ4v) is 2.36. The summed E-state index contributed by atoms with van der Waals surface area (Å²) in [7, 11) is 0. The van der Waals surface area contributed by atoms with Crippen LogP contribution in [-0.2, 0) is 0 Å². The van der Waals surface area contributed by atoms with Gasteiger partial charge in [0.1, 0.15) is 5.76 Å². The average Bonchev–Trinajstić information content (AvgIpc) is 3.16. The molecule has 0 saturated heterocycles. The Morgan fingerprint density at radius 3 is 2.87 bits per heavy atom. The molecule has 0 aliphatic rings.